The summed E-state index contributed by atoms with van der Waals surface area (Å²) in [7, 11) is -3.73. The van der Waals surface area contributed by atoms with Crippen LogP contribution in [0.3, 0.4) is 0 Å². The number of hydrogen-bond acceptors (Lipinski definition) is 7. The largest absolute Gasteiger partial charge is 0.379 e. The summed E-state index contributed by atoms with van der Waals surface area (Å²) in [4.78, 5) is 31.5. The van der Waals surface area contributed by atoms with Crippen LogP contribution in [0.5, 0.6) is 0 Å². The van der Waals surface area contributed by atoms with E-state index >= 15 is 0 Å². The molecule has 40 heavy (non-hydrogen) atoms. The Labute approximate surface area is 237 Å². The molecule has 9 nitrogen and oxygen atoms in total. The lowest BCUT2D eigenvalue weighted by Gasteiger charge is -2.26. The third-order valence-corrected chi connectivity index (χ3v) is 9.93. The highest BCUT2D eigenvalue weighted by molar-refractivity contribution is 7.99. The lowest BCUT2D eigenvalue weighted by Crippen LogP contribution is -2.40. The van der Waals surface area contributed by atoms with Gasteiger partial charge in [0.2, 0.25) is 15.9 Å². The molecular formula is C29H30N4O5S2. The van der Waals surface area contributed by atoms with E-state index in [9.17, 15) is 18.0 Å². The van der Waals surface area contributed by atoms with Crippen molar-refractivity contribution in [3.8, 4) is 5.69 Å². The first-order chi connectivity index (χ1) is 19.2. The maximum absolute atomic E-state index is 13.6. The number of nitrogens with zero attached hydrogens (tertiary/aromatic N) is 3. The quantitative estimate of drug-likeness (QED) is 0.260. The molecule has 0 bridgehead atoms. The number of anilines is 1. The van der Waals surface area contributed by atoms with Crippen LogP contribution < -0.4 is 10.9 Å². The highest BCUT2D eigenvalue weighted by atomic mass is 32.2. The minimum atomic E-state index is -3.73. The number of nitrogens with one attached hydrogen (secondary N) is 1. The standard InChI is InChI=1S/C29H30N4O5S2/c1-19-7-6-10-25(21(19)3)33-28(35)23-8-4-5-9-24(23)31-29(33)39-18-27(34)30-22-12-11-20(2)26(17-22)40(36,37)32-13-15-38-16-14-32/h4-12,17H,13-16,18H2,1-3H3,(H,30,34). The fraction of sp³-hybridized carbons (Fsp3) is 0.276. The van der Waals surface area contributed by atoms with Gasteiger partial charge in [-0.15, -0.1) is 0 Å². The SMILES string of the molecule is Cc1ccc(NC(=O)CSc2nc3ccccc3c(=O)n2-c2cccc(C)c2C)cc1S(=O)(=O)N1CCOCC1. The first kappa shape index (κ1) is 28.0. The summed E-state index contributed by atoms with van der Waals surface area (Å²) in [6.07, 6.45) is 0. The van der Waals surface area contributed by atoms with Crippen molar-refractivity contribution in [3.63, 3.8) is 0 Å². The molecule has 3 aromatic carbocycles. The second-order valence-corrected chi connectivity index (χ2v) is 12.5. The van der Waals surface area contributed by atoms with Crippen LogP contribution in [0, 0.1) is 20.8 Å². The van der Waals surface area contributed by atoms with Crippen LogP contribution in [0.1, 0.15) is 16.7 Å². The van der Waals surface area contributed by atoms with Gasteiger partial charge in [-0.1, -0.05) is 42.1 Å². The number of rotatable bonds is 7. The summed E-state index contributed by atoms with van der Waals surface area (Å²) in [6, 6.07) is 17.7. The van der Waals surface area contributed by atoms with Gasteiger partial charge in [0.25, 0.3) is 5.56 Å². The van der Waals surface area contributed by atoms with Gasteiger partial charge < -0.3 is 10.1 Å². The fourth-order valence-electron chi connectivity index (χ4n) is 4.61. The van der Waals surface area contributed by atoms with E-state index in [2.05, 4.69) is 5.32 Å². The average molecular weight is 579 g/mol. The van der Waals surface area contributed by atoms with Gasteiger partial charge in [-0.2, -0.15) is 4.31 Å². The van der Waals surface area contributed by atoms with Crippen LogP contribution in [-0.4, -0.2) is 60.2 Å². The first-order valence-electron chi connectivity index (χ1n) is 12.9. The number of carbonyl (C=O) groups excluding carboxylic acids is 1. The van der Waals surface area contributed by atoms with Crippen molar-refractivity contribution in [1.29, 1.82) is 0 Å². The molecule has 0 aliphatic carbocycles. The number of aromatic nitrogens is 2. The molecule has 1 aromatic heterocycles. The summed E-state index contributed by atoms with van der Waals surface area (Å²) in [6.45, 7) is 6.93. The number of ether oxygens (including phenoxy) is 1. The molecule has 1 amide bonds. The second kappa shape index (κ2) is 11.5. The summed E-state index contributed by atoms with van der Waals surface area (Å²) < 4.78 is 34.7. The van der Waals surface area contributed by atoms with Gasteiger partial charge in [0.15, 0.2) is 5.16 Å². The van der Waals surface area contributed by atoms with E-state index in [0.717, 1.165) is 22.9 Å². The monoisotopic (exact) mass is 578 g/mol. The zero-order valence-corrected chi connectivity index (χ0v) is 24.1. The molecule has 0 unspecified atom stereocenters. The fourth-order valence-corrected chi connectivity index (χ4v) is 7.07. The maximum atomic E-state index is 13.6. The molecule has 208 valence electrons. The molecule has 0 saturated carbocycles. The lowest BCUT2D eigenvalue weighted by atomic mass is 10.1. The predicted octanol–water partition coefficient (Wildman–Crippen LogP) is 4.06. The van der Waals surface area contributed by atoms with E-state index < -0.39 is 10.0 Å². The number of sulfonamides is 1. The number of aryl methyl sites for hydroxylation is 2. The third-order valence-electron chi connectivity index (χ3n) is 6.95. The Balaban J connectivity index is 1.41. The molecule has 2 heterocycles. The van der Waals surface area contributed by atoms with Crippen molar-refractivity contribution in [3.05, 3.63) is 87.7 Å². The van der Waals surface area contributed by atoms with Crippen molar-refractivity contribution in [2.75, 3.05) is 37.4 Å². The molecular weight excluding hydrogens is 548 g/mol. The van der Waals surface area contributed by atoms with Gasteiger partial charge in [0, 0.05) is 18.8 Å². The molecule has 0 spiro atoms. The van der Waals surface area contributed by atoms with Crippen LogP contribution in [0.15, 0.2) is 75.5 Å². The number of morpholine rings is 1. The van der Waals surface area contributed by atoms with Crippen molar-refractivity contribution >= 4 is 44.3 Å². The van der Waals surface area contributed by atoms with Crippen molar-refractivity contribution in [2.45, 2.75) is 30.8 Å². The van der Waals surface area contributed by atoms with Gasteiger partial charge in [-0.3, -0.25) is 14.2 Å². The summed E-state index contributed by atoms with van der Waals surface area (Å²) >= 11 is 1.15. The van der Waals surface area contributed by atoms with Crippen LogP contribution in [0.4, 0.5) is 5.69 Å². The Hall–Kier alpha value is -3.51. The van der Waals surface area contributed by atoms with Gasteiger partial charge in [-0.05, 0) is 67.8 Å². The predicted molar refractivity (Wildman–Crippen MR) is 157 cm³/mol. The number of amides is 1. The third kappa shape index (κ3) is 5.55. The smallest absolute Gasteiger partial charge is 0.266 e. The van der Waals surface area contributed by atoms with Crippen molar-refractivity contribution in [2.24, 2.45) is 0 Å². The summed E-state index contributed by atoms with van der Waals surface area (Å²) in [5, 5.41) is 3.69. The van der Waals surface area contributed by atoms with Crippen LogP contribution in [0.2, 0.25) is 0 Å². The highest BCUT2D eigenvalue weighted by Gasteiger charge is 2.28. The lowest BCUT2D eigenvalue weighted by molar-refractivity contribution is -0.113. The second-order valence-electron chi connectivity index (χ2n) is 9.60. The number of carbonyl (C=O) groups is 1. The molecule has 1 N–H and O–H groups in total. The van der Waals surface area contributed by atoms with Gasteiger partial charge in [-0.25, -0.2) is 13.4 Å². The minimum Gasteiger partial charge on any atom is -0.379 e. The highest BCUT2D eigenvalue weighted by Crippen LogP contribution is 2.27. The maximum Gasteiger partial charge on any atom is 0.266 e. The topological polar surface area (TPSA) is 111 Å². The molecule has 0 radical (unpaired) electrons. The molecule has 5 rings (SSSR count). The van der Waals surface area contributed by atoms with E-state index in [1.54, 1.807) is 41.8 Å². The van der Waals surface area contributed by atoms with Crippen LogP contribution in [0.25, 0.3) is 16.6 Å². The van der Waals surface area contributed by atoms with Crippen molar-refractivity contribution in [1.82, 2.24) is 13.9 Å². The van der Waals surface area contributed by atoms with Gasteiger partial charge in [0.1, 0.15) is 0 Å². The number of para-hydroxylation sites is 1. The Bertz CT molecular complexity index is 1760. The van der Waals surface area contributed by atoms with E-state index in [4.69, 9.17) is 9.72 Å². The minimum absolute atomic E-state index is 0.0327. The van der Waals surface area contributed by atoms with Crippen molar-refractivity contribution < 1.29 is 17.9 Å². The van der Waals surface area contributed by atoms with E-state index in [1.165, 1.54) is 10.4 Å². The van der Waals surface area contributed by atoms with E-state index in [0.29, 0.717) is 46.2 Å². The molecule has 0 atom stereocenters. The first-order valence-corrected chi connectivity index (χ1v) is 15.3. The summed E-state index contributed by atoms with van der Waals surface area (Å²) in [5.74, 6) is -0.381. The molecule has 1 aliphatic rings. The molecule has 11 heteroatoms. The van der Waals surface area contributed by atoms with Gasteiger partial charge in [0.05, 0.1) is 40.5 Å². The molecule has 1 fully saturated rings. The van der Waals surface area contributed by atoms with E-state index in [-0.39, 0.29) is 35.2 Å². The number of hydrogen-bond donors (Lipinski definition) is 1. The Morgan fingerprint density at radius 2 is 1.75 bits per heavy atom. The molecule has 4 aromatic rings. The summed E-state index contributed by atoms with van der Waals surface area (Å²) in [5.41, 5.74) is 4.00. The van der Waals surface area contributed by atoms with Crippen LogP contribution in [-0.2, 0) is 19.6 Å². The zero-order valence-electron chi connectivity index (χ0n) is 22.5. The van der Waals surface area contributed by atoms with E-state index in [1.807, 2.05) is 38.1 Å². The number of thioether (sulfide) groups is 1. The Morgan fingerprint density at radius 3 is 2.52 bits per heavy atom. The number of fused-ring (bicyclic) bond motifs is 1. The van der Waals surface area contributed by atoms with Crippen LogP contribution >= 0.6 is 11.8 Å². The zero-order chi connectivity index (χ0) is 28.4. The molecule has 1 aliphatic heterocycles. The molecule has 1 saturated heterocycles. The number of benzene rings is 3. The normalized spacial score (nSPS) is 14.4. The Morgan fingerprint density at radius 1 is 1.00 bits per heavy atom. The Kier molecular flexibility index (Phi) is 8.09. The average Bonchev–Trinajstić information content (AvgIpc) is 2.95. The van der Waals surface area contributed by atoms with Gasteiger partial charge >= 0.3 is 0 Å².